The van der Waals surface area contributed by atoms with Gasteiger partial charge >= 0.3 is 0 Å². The highest BCUT2D eigenvalue weighted by Crippen LogP contribution is 2.14. The first-order valence-corrected chi connectivity index (χ1v) is 8.20. The van der Waals surface area contributed by atoms with Crippen LogP contribution in [-0.2, 0) is 6.54 Å². The molecule has 1 amide bonds. The third kappa shape index (κ3) is 3.55. The van der Waals surface area contributed by atoms with E-state index in [4.69, 9.17) is 5.26 Å². The lowest BCUT2D eigenvalue weighted by Crippen LogP contribution is -2.48. The van der Waals surface area contributed by atoms with Crippen LogP contribution in [0.4, 0.5) is 4.39 Å². The first-order chi connectivity index (χ1) is 11.2. The van der Waals surface area contributed by atoms with Crippen molar-refractivity contribution in [3.63, 3.8) is 0 Å². The minimum atomic E-state index is -0.600. The summed E-state index contributed by atoms with van der Waals surface area (Å²) in [5.74, 6) is -0.757. The van der Waals surface area contributed by atoms with E-state index in [1.165, 1.54) is 18.2 Å². The van der Waals surface area contributed by atoms with E-state index in [-0.39, 0.29) is 11.5 Å². The summed E-state index contributed by atoms with van der Waals surface area (Å²) in [6.07, 6.45) is 0. The molecule has 0 saturated carbocycles. The topological polar surface area (TPSA) is 60.2 Å². The average molecular weight is 330 g/mol. The number of benzene rings is 1. The van der Waals surface area contributed by atoms with E-state index in [1.807, 2.05) is 10.9 Å². The van der Waals surface area contributed by atoms with Crippen LogP contribution < -0.4 is 0 Å². The molecule has 1 aromatic carbocycles. The van der Waals surface area contributed by atoms with Gasteiger partial charge in [0.1, 0.15) is 11.9 Å². The predicted molar refractivity (Wildman–Crippen MR) is 84.4 cm³/mol. The van der Waals surface area contributed by atoms with Crippen molar-refractivity contribution >= 4 is 17.2 Å². The molecule has 0 atom stereocenters. The fourth-order valence-electron chi connectivity index (χ4n) is 2.58. The molecule has 2 aromatic rings. The van der Waals surface area contributed by atoms with Gasteiger partial charge in [0, 0.05) is 43.7 Å². The van der Waals surface area contributed by atoms with Crippen LogP contribution in [0.25, 0.3) is 0 Å². The van der Waals surface area contributed by atoms with Gasteiger partial charge in [0.15, 0.2) is 0 Å². The summed E-state index contributed by atoms with van der Waals surface area (Å²) in [5.41, 5.74) is 3.12. The lowest BCUT2D eigenvalue weighted by molar-refractivity contribution is 0.0627. The molecule has 0 unspecified atom stereocenters. The zero-order chi connectivity index (χ0) is 16.2. The zero-order valence-corrected chi connectivity index (χ0v) is 13.2. The molecule has 1 saturated heterocycles. The summed E-state index contributed by atoms with van der Waals surface area (Å²) < 4.78 is 13.3. The van der Waals surface area contributed by atoms with Gasteiger partial charge in [0.25, 0.3) is 5.91 Å². The van der Waals surface area contributed by atoms with Crippen molar-refractivity contribution < 1.29 is 9.18 Å². The quantitative estimate of drug-likeness (QED) is 0.865. The fourth-order valence-corrected chi connectivity index (χ4v) is 3.13. The molecule has 3 rings (SSSR count). The predicted octanol–water partition coefficient (Wildman–Crippen LogP) is 2.11. The van der Waals surface area contributed by atoms with Crippen LogP contribution in [0, 0.1) is 17.1 Å². The molecular weight excluding hydrogens is 315 g/mol. The van der Waals surface area contributed by atoms with Crippen molar-refractivity contribution in [3.8, 4) is 6.07 Å². The Morgan fingerprint density at radius 2 is 2.13 bits per heavy atom. The van der Waals surface area contributed by atoms with Gasteiger partial charge in [0.2, 0.25) is 0 Å². The lowest BCUT2D eigenvalue weighted by atomic mass is 10.1. The van der Waals surface area contributed by atoms with Gasteiger partial charge in [-0.3, -0.25) is 9.69 Å². The Labute approximate surface area is 137 Å². The first kappa shape index (κ1) is 15.6. The van der Waals surface area contributed by atoms with E-state index in [9.17, 15) is 9.18 Å². The zero-order valence-electron chi connectivity index (χ0n) is 12.4. The van der Waals surface area contributed by atoms with Gasteiger partial charge in [0.05, 0.1) is 16.8 Å². The minimum absolute atomic E-state index is 0.0991. The Kier molecular flexibility index (Phi) is 4.65. The third-order valence-corrected chi connectivity index (χ3v) is 4.50. The number of nitriles is 1. The number of hydrogen-bond donors (Lipinski definition) is 0. The molecule has 0 N–H and O–H groups in total. The van der Waals surface area contributed by atoms with Crippen molar-refractivity contribution in [2.24, 2.45) is 0 Å². The maximum absolute atomic E-state index is 13.3. The number of aromatic nitrogens is 1. The van der Waals surface area contributed by atoms with Crippen molar-refractivity contribution in [1.82, 2.24) is 14.8 Å². The number of nitrogens with zero attached hydrogens (tertiary/aromatic N) is 4. The Hall–Kier alpha value is -2.30. The summed E-state index contributed by atoms with van der Waals surface area (Å²) in [5, 5.41) is 10.9. The molecule has 23 heavy (non-hydrogen) atoms. The van der Waals surface area contributed by atoms with Crippen LogP contribution >= 0.6 is 11.3 Å². The second-order valence-corrected chi connectivity index (χ2v) is 6.07. The van der Waals surface area contributed by atoms with Gasteiger partial charge in [-0.25, -0.2) is 9.37 Å². The smallest absolute Gasteiger partial charge is 0.253 e. The molecule has 1 aliphatic heterocycles. The van der Waals surface area contributed by atoms with Gasteiger partial charge in [-0.15, -0.1) is 11.3 Å². The molecule has 1 fully saturated rings. The van der Waals surface area contributed by atoms with Crippen LogP contribution in [-0.4, -0.2) is 46.9 Å². The highest BCUT2D eigenvalue weighted by atomic mass is 32.1. The molecule has 1 aromatic heterocycles. The highest BCUT2D eigenvalue weighted by molar-refractivity contribution is 7.07. The molecule has 0 spiro atoms. The van der Waals surface area contributed by atoms with E-state index in [2.05, 4.69) is 9.88 Å². The minimum Gasteiger partial charge on any atom is -0.336 e. The summed E-state index contributed by atoms with van der Waals surface area (Å²) in [7, 11) is 0. The molecule has 5 nitrogen and oxygen atoms in total. The third-order valence-electron chi connectivity index (χ3n) is 3.86. The number of piperazine rings is 1. The van der Waals surface area contributed by atoms with Gasteiger partial charge in [-0.05, 0) is 18.2 Å². The Balaban J connectivity index is 1.61. The summed E-state index contributed by atoms with van der Waals surface area (Å²) >= 11 is 1.58. The average Bonchev–Trinajstić information content (AvgIpc) is 3.08. The van der Waals surface area contributed by atoms with Crippen LogP contribution in [0.1, 0.15) is 21.6 Å². The second kappa shape index (κ2) is 6.86. The largest absolute Gasteiger partial charge is 0.336 e. The number of carbonyl (C=O) groups excluding carboxylic acids is 1. The van der Waals surface area contributed by atoms with Crippen molar-refractivity contribution in [1.29, 1.82) is 5.26 Å². The first-order valence-electron chi connectivity index (χ1n) is 7.25. The molecular formula is C16H15FN4OS. The van der Waals surface area contributed by atoms with E-state index in [1.54, 1.807) is 22.3 Å². The van der Waals surface area contributed by atoms with Crippen LogP contribution in [0.5, 0.6) is 0 Å². The normalized spacial score (nSPS) is 15.4. The summed E-state index contributed by atoms with van der Waals surface area (Å²) in [6, 6.07) is 5.69. The maximum atomic E-state index is 13.3. The van der Waals surface area contributed by atoms with E-state index >= 15 is 0 Å². The Morgan fingerprint density at radius 3 is 2.78 bits per heavy atom. The number of thiazole rings is 1. The van der Waals surface area contributed by atoms with E-state index in [0.29, 0.717) is 18.7 Å². The number of amides is 1. The second-order valence-electron chi connectivity index (χ2n) is 5.35. The lowest BCUT2D eigenvalue weighted by Gasteiger charge is -2.34. The molecule has 1 aliphatic rings. The fraction of sp³-hybridized carbons (Fsp3) is 0.312. The molecule has 0 bridgehead atoms. The van der Waals surface area contributed by atoms with Crippen molar-refractivity contribution in [2.45, 2.75) is 6.54 Å². The highest BCUT2D eigenvalue weighted by Gasteiger charge is 2.23. The molecule has 0 radical (unpaired) electrons. The summed E-state index contributed by atoms with van der Waals surface area (Å²) in [6.45, 7) is 3.57. The number of rotatable bonds is 3. The Morgan fingerprint density at radius 1 is 1.35 bits per heavy atom. The van der Waals surface area contributed by atoms with Crippen LogP contribution in [0.2, 0.25) is 0 Å². The standard InChI is InChI=1S/C16H15FN4OS/c17-15-2-1-12(7-13(15)8-18)16(22)21-5-3-20(4-6-21)9-14-10-23-11-19-14/h1-2,7,10-11H,3-6,9H2. The molecule has 0 aliphatic carbocycles. The van der Waals surface area contributed by atoms with Crippen molar-refractivity contribution in [3.05, 3.63) is 51.7 Å². The number of halogens is 1. The van der Waals surface area contributed by atoms with E-state index in [0.717, 1.165) is 25.3 Å². The monoisotopic (exact) mass is 330 g/mol. The van der Waals surface area contributed by atoms with Gasteiger partial charge in [-0.1, -0.05) is 0 Å². The van der Waals surface area contributed by atoms with Gasteiger partial charge < -0.3 is 4.90 Å². The summed E-state index contributed by atoms with van der Waals surface area (Å²) in [4.78, 5) is 20.7. The van der Waals surface area contributed by atoms with Gasteiger partial charge in [-0.2, -0.15) is 5.26 Å². The SMILES string of the molecule is N#Cc1cc(C(=O)N2CCN(Cc3cscn3)CC2)ccc1F. The van der Waals surface area contributed by atoms with Crippen LogP contribution in [0.15, 0.2) is 29.1 Å². The molecule has 2 heterocycles. The van der Waals surface area contributed by atoms with Crippen molar-refractivity contribution in [2.75, 3.05) is 26.2 Å². The maximum Gasteiger partial charge on any atom is 0.253 e. The van der Waals surface area contributed by atoms with E-state index < -0.39 is 5.82 Å². The molecule has 118 valence electrons. The van der Waals surface area contributed by atoms with Crippen LogP contribution in [0.3, 0.4) is 0 Å². The molecule has 7 heteroatoms. The number of hydrogen-bond acceptors (Lipinski definition) is 5. The Bertz CT molecular complexity index is 733. The number of carbonyl (C=O) groups is 1.